The molecular weight excluding hydrogens is 432 g/mol. The molecule has 0 saturated carbocycles. The lowest BCUT2D eigenvalue weighted by atomic mass is 10.0. The number of nitrogens with zero attached hydrogens (tertiary/aromatic N) is 1. The number of para-hydroxylation sites is 1. The lowest BCUT2D eigenvalue weighted by molar-refractivity contribution is 0.102. The van der Waals surface area contributed by atoms with Crippen molar-refractivity contribution in [3.63, 3.8) is 0 Å². The Balaban J connectivity index is 1.83. The van der Waals surface area contributed by atoms with Crippen molar-refractivity contribution in [3.05, 3.63) is 94.5 Å². The largest absolute Gasteiger partial charge is 0.322 e. The number of nitrogens with one attached hydrogen (secondary N) is 1. The fourth-order valence-electron chi connectivity index (χ4n) is 3.27. The van der Waals surface area contributed by atoms with Gasteiger partial charge in [-0.05, 0) is 53.4 Å². The molecule has 0 aliphatic rings. The van der Waals surface area contributed by atoms with E-state index in [4.69, 9.17) is 11.6 Å². The van der Waals surface area contributed by atoms with Gasteiger partial charge in [0.15, 0.2) is 0 Å². The first-order valence-corrected chi connectivity index (χ1v) is 12.1. The number of amides is 1. The van der Waals surface area contributed by atoms with Gasteiger partial charge in [-0.3, -0.25) is 9.10 Å². The predicted molar refractivity (Wildman–Crippen MR) is 127 cm³/mol. The highest BCUT2D eigenvalue weighted by Gasteiger charge is 2.20. The van der Waals surface area contributed by atoms with Gasteiger partial charge in [-0.1, -0.05) is 61.8 Å². The Kier molecular flexibility index (Phi) is 7.03. The van der Waals surface area contributed by atoms with Crippen molar-refractivity contribution in [2.75, 3.05) is 15.9 Å². The number of benzene rings is 3. The van der Waals surface area contributed by atoms with Crippen molar-refractivity contribution < 1.29 is 13.2 Å². The average Bonchev–Trinajstić information content (AvgIpc) is 2.72. The number of hydrogen-bond acceptors (Lipinski definition) is 3. The van der Waals surface area contributed by atoms with Gasteiger partial charge in [0.2, 0.25) is 10.0 Å². The van der Waals surface area contributed by atoms with Crippen LogP contribution in [0.1, 0.15) is 41.3 Å². The third-order valence-corrected chi connectivity index (χ3v) is 6.43. The van der Waals surface area contributed by atoms with Crippen molar-refractivity contribution in [2.45, 2.75) is 26.3 Å². The number of carbonyl (C=O) groups excluding carboxylic acids is 1. The van der Waals surface area contributed by atoms with Gasteiger partial charge in [0, 0.05) is 16.3 Å². The van der Waals surface area contributed by atoms with Gasteiger partial charge in [-0.2, -0.15) is 0 Å². The van der Waals surface area contributed by atoms with Crippen molar-refractivity contribution in [2.24, 2.45) is 0 Å². The SMILES string of the molecule is CC(C)c1ccccc1NC(=O)c1ccc(N(Cc2ccccc2Cl)S(C)(=O)=O)cc1. The molecule has 0 atom stereocenters. The molecule has 162 valence electrons. The summed E-state index contributed by atoms with van der Waals surface area (Å²) in [4.78, 5) is 12.7. The van der Waals surface area contributed by atoms with Gasteiger partial charge < -0.3 is 5.32 Å². The maximum absolute atomic E-state index is 12.7. The Morgan fingerprint density at radius 3 is 2.19 bits per heavy atom. The third kappa shape index (κ3) is 5.66. The molecule has 5 nitrogen and oxygen atoms in total. The molecule has 1 amide bonds. The zero-order valence-corrected chi connectivity index (χ0v) is 19.2. The fourth-order valence-corrected chi connectivity index (χ4v) is 4.34. The van der Waals surface area contributed by atoms with Crippen LogP contribution in [-0.4, -0.2) is 20.6 Å². The maximum atomic E-state index is 12.7. The summed E-state index contributed by atoms with van der Waals surface area (Å²) in [5.74, 6) is 0.0173. The molecule has 0 aliphatic carbocycles. The molecule has 0 radical (unpaired) electrons. The Labute approximate surface area is 188 Å². The molecule has 1 N–H and O–H groups in total. The molecule has 3 aromatic rings. The second-order valence-corrected chi connectivity index (χ2v) is 9.92. The van der Waals surface area contributed by atoms with Crippen molar-refractivity contribution in [1.29, 1.82) is 0 Å². The van der Waals surface area contributed by atoms with Crippen LogP contribution in [0.4, 0.5) is 11.4 Å². The second-order valence-electron chi connectivity index (χ2n) is 7.60. The monoisotopic (exact) mass is 456 g/mol. The van der Waals surface area contributed by atoms with Gasteiger partial charge in [0.1, 0.15) is 0 Å². The van der Waals surface area contributed by atoms with Crippen LogP contribution in [0.3, 0.4) is 0 Å². The van der Waals surface area contributed by atoms with E-state index in [0.29, 0.717) is 21.8 Å². The topological polar surface area (TPSA) is 66.5 Å². The zero-order valence-electron chi connectivity index (χ0n) is 17.7. The molecule has 0 fully saturated rings. The van der Waals surface area contributed by atoms with E-state index in [1.54, 1.807) is 42.5 Å². The number of carbonyl (C=O) groups is 1. The number of sulfonamides is 1. The first-order chi connectivity index (χ1) is 14.7. The molecule has 31 heavy (non-hydrogen) atoms. The zero-order chi connectivity index (χ0) is 22.6. The number of halogens is 1. The van der Waals surface area contributed by atoms with Crippen LogP contribution in [0.5, 0.6) is 0 Å². The van der Waals surface area contributed by atoms with E-state index < -0.39 is 10.0 Å². The number of anilines is 2. The molecule has 3 rings (SSSR count). The normalized spacial score (nSPS) is 11.4. The van der Waals surface area contributed by atoms with Crippen molar-refractivity contribution in [1.82, 2.24) is 0 Å². The molecular formula is C24H25ClN2O3S. The standard InChI is InChI=1S/C24H25ClN2O3S/c1-17(2)21-9-5-7-11-23(21)26-24(28)18-12-14-20(15-13-18)27(31(3,29)30)16-19-8-4-6-10-22(19)25/h4-15,17H,16H2,1-3H3,(H,26,28). The van der Waals surface area contributed by atoms with Crippen molar-refractivity contribution >= 4 is 38.9 Å². The Bertz CT molecular complexity index is 1180. The molecule has 0 aliphatic heterocycles. The van der Waals surface area contributed by atoms with E-state index in [0.717, 1.165) is 17.5 Å². The molecule has 0 aromatic heterocycles. The van der Waals surface area contributed by atoms with Crippen LogP contribution in [0.15, 0.2) is 72.8 Å². The maximum Gasteiger partial charge on any atom is 0.255 e. The molecule has 0 spiro atoms. The summed E-state index contributed by atoms with van der Waals surface area (Å²) in [5.41, 5.74) is 3.41. The summed E-state index contributed by atoms with van der Waals surface area (Å²) in [7, 11) is -3.56. The molecule has 0 saturated heterocycles. The van der Waals surface area contributed by atoms with Crippen molar-refractivity contribution in [3.8, 4) is 0 Å². The highest BCUT2D eigenvalue weighted by atomic mass is 35.5. The molecule has 0 heterocycles. The average molecular weight is 457 g/mol. The number of rotatable bonds is 7. The van der Waals surface area contributed by atoms with Crippen LogP contribution >= 0.6 is 11.6 Å². The highest BCUT2D eigenvalue weighted by Crippen LogP contribution is 2.26. The molecule has 0 bridgehead atoms. The molecule has 3 aromatic carbocycles. The summed E-state index contributed by atoms with van der Waals surface area (Å²) < 4.78 is 26.1. The summed E-state index contributed by atoms with van der Waals surface area (Å²) >= 11 is 6.21. The van der Waals surface area contributed by atoms with Gasteiger partial charge in [0.25, 0.3) is 5.91 Å². The fraction of sp³-hybridized carbons (Fsp3) is 0.208. The van der Waals surface area contributed by atoms with E-state index in [-0.39, 0.29) is 18.4 Å². The van der Waals surface area contributed by atoms with E-state index in [2.05, 4.69) is 19.2 Å². The summed E-state index contributed by atoms with van der Waals surface area (Å²) in [6.07, 6.45) is 1.15. The van der Waals surface area contributed by atoms with E-state index in [1.165, 1.54) is 4.31 Å². The minimum absolute atomic E-state index is 0.103. The van der Waals surface area contributed by atoms with E-state index >= 15 is 0 Å². The van der Waals surface area contributed by atoms with E-state index in [1.807, 2.05) is 30.3 Å². The van der Waals surface area contributed by atoms with Gasteiger partial charge in [-0.25, -0.2) is 8.42 Å². The Morgan fingerprint density at radius 1 is 0.968 bits per heavy atom. The minimum atomic E-state index is -3.56. The number of hydrogen-bond donors (Lipinski definition) is 1. The van der Waals surface area contributed by atoms with Crippen LogP contribution in [0.2, 0.25) is 5.02 Å². The molecule has 7 heteroatoms. The lowest BCUT2D eigenvalue weighted by Crippen LogP contribution is -2.29. The predicted octanol–water partition coefficient (Wildman–Crippen LogP) is 5.68. The summed E-state index contributed by atoms with van der Waals surface area (Å²) in [6.45, 7) is 4.24. The second kappa shape index (κ2) is 9.54. The Morgan fingerprint density at radius 2 is 1.58 bits per heavy atom. The van der Waals surface area contributed by atoms with Crippen LogP contribution in [0, 0.1) is 0 Å². The summed E-state index contributed by atoms with van der Waals surface area (Å²) in [6, 6.07) is 21.3. The van der Waals surface area contributed by atoms with Gasteiger partial charge in [-0.15, -0.1) is 0 Å². The van der Waals surface area contributed by atoms with E-state index in [9.17, 15) is 13.2 Å². The summed E-state index contributed by atoms with van der Waals surface area (Å²) in [5, 5.41) is 3.44. The minimum Gasteiger partial charge on any atom is -0.322 e. The van der Waals surface area contributed by atoms with Gasteiger partial charge >= 0.3 is 0 Å². The quantitative estimate of drug-likeness (QED) is 0.497. The molecule has 0 unspecified atom stereocenters. The smallest absolute Gasteiger partial charge is 0.255 e. The van der Waals surface area contributed by atoms with Crippen LogP contribution in [0.25, 0.3) is 0 Å². The van der Waals surface area contributed by atoms with Crippen LogP contribution in [-0.2, 0) is 16.6 Å². The first kappa shape index (κ1) is 22.8. The first-order valence-electron chi connectivity index (χ1n) is 9.88. The van der Waals surface area contributed by atoms with Gasteiger partial charge in [0.05, 0.1) is 18.5 Å². The Hall–Kier alpha value is -2.83. The third-order valence-electron chi connectivity index (χ3n) is 4.92. The lowest BCUT2D eigenvalue weighted by Gasteiger charge is -2.23. The highest BCUT2D eigenvalue weighted by molar-refractivity contribution is 7.92. The van der Waals surface area contributed by atoms with Crippen LogP contribution < -0.4 is 9.62 Å².